The molecule has 0 radical (unpaired) electrons. The number of aliphatic imine (C=N–C) groups is 1. The smallest absolute Gasteiger partial charge is 0.475 e. The molecule has 0 spiro atoms. The number of aliphatic carboxylic acids is 1. The highest BCUT2D eigenvalue weighted by atomic mass is 19.4. The van der Waals surface area contributed by atoms with Crippen LogP contribution in [0.3, 0.4) is 0 Å². The van der Waals surface area contributed by atoms with Crippen LogP contribution in [-0.2, 0) is 79.7 Å². The van der Waals surface area contributed by atoms with Crippen LogP contribution in [0, 0.1) is 23.2 Å². The molecule has 1 saturated heterocycles. The number of carbonyl (C=O) groups excluding carboxylic acids is 13. The number of primary amides is 1. The molecule has 2 heterocycles. The van der Waals surface area contributed by atoms with Crippen molar-refractivity contribution in [1.82, 2.24) is 68.8 Å². The first kappa shape index (κ1) is 97.5. The molecule has 13 amide bonds. The minimum Gasteiger partial charge on any atom is -0.475 e. The van der Waals surface area contributed by atoms with E-state index in [1.165, 1.54) is 71.9 Å². The fourth-order valence-corrected chi connectivity index (χ4v) is 10.5. The van der Waals surface area contributed by atoms with Crippen molar-refractivity contribution < 1.29 is 124 Å². The van der Waals surface area contributed by atoms with Crippen LogP contribution in [0.4, 0.5) is 31.1 Å². The van der Waals surface area contributed by atoms with Crippen LogP contribution in [0.5, 0.6) is 0 Å². The number of aliphatic hydroxyl groups excluding tert-OH is 4. The molecule has 23 N–H and O–H groups in total. The highest BCUT2D eigenvalue weighted by Crippen LogP contribution is 2.28. The van der Waals surface area contributed by atoms with Crippen LogP contribution in [0.25, 0.3) is 0 Å². The molecule has 112 heavy (non-hydrogen) atoms. The van der Waals surface area contributed by atoms with Crippen LogP contribution in [-0.4, -0.2) is 230 Å². The molecule has 0 unspecified atom stereocenters. The van der Waals surface area contributed by atoms with Crippen molar-refractivity contribution in [1.29, 1.82) is 0 Å². The summed E-state index contributed by atoms with van der Waals surface area (Å²) in [6, 6.07) is -13.3. The number of hydrogen-bond donors (Lipinski definition) is 20. The van der Waals surface area contributed by atoms with E-state index in [-0.39, 0.29) is 55.7 Å². The first-order valence-corrected chi connectivity index (χ1v) is 35.3. The lowest BCUT2D eigenvalue weighted by Crippen LogP contribution is -2.65. The minimum absolute atomic E-state index is 0.0116. The zero-order valence-electron chi connectivity index (χ0n) is 64.1. The second-order valence-corrected chi connectivity index (χ2v) is 29.3. The number of alkyl carbamates (subject to hydrolysis) is 1. The maximum atomic E-state index is 15.8. The SMILES string of the molecule is CC[C@H](C)[C@@H]1NC(=O)[C@@H](CCCN=C(N)N)NC(=O)[C@H](CC(C)C)NC(=O)[C@H]([C@H](O)C(C)C)NC(=O)[C@@H](NC(=O)[C@H](Cc2ccc(C(F)(F)F)nc2)NC(=O)[C@@H](CC(C)(C)C)NC(=O)OC(C)(C)C)[C@@H](c2ccccc2)NC(=O)[C@H](CO)NC(=O)[C@H]([C@H](O)C(N)=O)NC(=O)CNC(=O)[C@H]([C@H](C)O)NC1=O.O=C(O)C(F)(F)F. The van der Waals surface area contributed by atoms with Crippen molar-refractivity contribution in [2.45, 2.75) is 231 Å². The molecule has 3 rings (SSSR count). The molecule has 1 fully saturated rings. The number of ether oxygens (including phenoxy) is 1. The third-order valence-corrected chi connectivity index (χ3v) is 16.4. The van der Waals surface area contributed by atoms with E-state index in [2.05, 4.69) is 63.1 Å². The predicted molar refractivity (Wildman–Crippen MR) is 385 cm³/mol. The van der Waals surface area contributed by atoms with Gasteiger partial charge in [-0.1, -0.05) is 105 Å². The average Bonchev–Trinajstić information content (AvgIpc) is 0.800. The largest absolute Gasteiger partial charge is 0.490 e. The Labute approximate surface area is 641 Å². The molecule has 0 aliphatic carbocycles. The third-order valence-electron chi connectivity index (χ3n) is 16.4. The Hall–Kier alpha value is -10.6. The number of aliphatic hydroxyl groups is 4. The number of carboxylic acid groups (broad SMARTS) is 1. The van der Waals surface area contributed by atoms with Gasteiger partial charge in [0.05, 0.1) is 31.4 Å². The summed E-state index contributed by atoms with van der Waals surface area (Å²) in [6.07, 6.45) is -17.9. The molecular formula is C69H105F6N17O20. The van der Waals surface area contributed by atoms with E-state index in [1.807, 2.05) is 10.6 Å². The Morgan fingerprint density at radius 2 is 1.18 bits per heavy atom. The molecule has 1 aliphatic rings. The van der Waals surface area contributed by atoms with Crippen LogP contribution in [0.15, 0.2) is 53.7 Å². The number of carboxylic acids is 1. The molecular weight excluding hydrogens is 1500 g/mol. The lowest BCUT2D eigenvalue weighted by atomic mass is 9.87. The molecule has 1 aromatic heterocycles. The number of nitrogens with one attached hydrogen (secondary N) is 12. The number of guanidine groups is 1. The number of nitrogens with two attached hydrogens (primary N) is 3. The zero-order chi connectivity index (χ0) is 85.8. The predicted octanol–water partition coefficient (Wildman–Crippen LogP) is -2.66. The number of nitrogens with zero attached hydrogens (tertiary/aromatic N) is 2. The lowest BCUT2D eigenvalue weighted by Gasteiger charge is -2.34. The van der Waals surface area contributed by atoms with E-state index >= 15 is 14.4 Å². The van der Waals surface area contributed by atoms with Crippen molar-refractivity contribution in [3.8, 4) is 0 Å². The van der Waals surface area contributed by atoms with Crippen LogP contribution in [0.2, 0.25) is 0 Å². The van der Waals surface area contributed by atoms with Crippen molar-refractivity contribution in [2.75, 3.05) is 19.7 Å². The van der Waals surface area contributed by atoms with Crippen molar-refractivity contribution in [3.63, 3.8) is 0 Å². The van der Waals surface area contributed by atoms with Crippen LogP contribution in [0.1, 0.15) is 145 Å². The Bertz CT molecular complexity index is 3600. The molecule has 1 aromatic carbocycles. The minimum atomic E-state index is -5.08. The summed E-state index contributed by atoms with van der Waals surface area (Å²) >= 11 is 0. The lowest BCUT2D eigenvalue weighted by molar-refractivity contribution is -0.192. The van der Waals surface area contributed by atoms with Gasteiger partial charge >= 0.3 is 24.4 Å². The first-order valence-electron chi connectivity index (χ1n) is 35.3. The summed E-state index contributed by atoms with van der Waals surface area (Å²) in [6.45, 7) is 17.5. The van der Waals surface area contributed by atoms with Gasteiger partial charge in [0.2, 0.25) is 70.9 Å². The summed E-state index contributed by atoms with van der Waals surface area (Å²) in [5.74, 6) is -21.1. The van der Waals surface area contributed by atoms with Crippen LogP contribution >= 0.6 is 0 Å². The number of amides is 13. The van der Waals surface area contributed by atoms with E-state index in [4.69, 9.17) is 31.8 Å². The van der Waals surface area contributed by atoms with Gasteiger partial charge in [-0.25, -0.2) is 9.59 Å². The van der Waals surface area contributed by atoms with Gasteiger partial charge in [0, 0.05) is 19.2 Å². The number of aromatic nitrogens is 1. The standard InChI is InChI=1S/C67H104F3N17O18.C2HF3O2/c1-14-33(6)44-59(100)84-45(34(7)89)58(99)76-29-43(90)82-49(51(92)52(71)93)62(103)80-41(30-88)57(98)85-46(36-19-16-15-17-20-36)47(60(101)87-48(50(91)32(4)5)61(102)79-38(25-31(2)3)54(95)77-37(53(94)83-44)21-18-24-74-63(72)73)86-55(96)39(26-35-22-23-42(75-28-35)67(68,69)70)78-56(97)40(27-65(8,9)10)81-64(104)105-66(11,12)13;3-2(4,5)1(6)7/h15-17,19-20,22-23,28,31-34,37-41,44-51,88-89,91-92H,14,18,21,24-27,29-30H2,1-13H3,(H2,71,93)(H,76,99)(H,77,95)(H,78,97)(H,79,102)(H,80,103)(H,81,104)(H,82,90)(H,83,94)(H,84,100)(H,85,98)(H,86,96)(H,87,101)(H4,72,73,74);(H,6,7)/t33-,34-,37+,38-,39-,40+,41-,44-,45-,46+,47-,48-,49-,50+,51-;/m0./s1. The van der Waals surface area contributed by atoms with E-state index < -0.39 is 234 Å². The van der Waals surface area contributed by atoms with Gasteiger partial charge in [-0.15, -0.1) is 0 Å². The molecule has 37 nitrogen and oxygen atoms in total. The number of alkyl halides is 6. The maximum Gasteiger partial charge on any atom is 0.490 e. The highest BCUT2D eigenvalue weighted by Gasteiger charge is 2.44. The number of carbonyl (C=O) groups is 14. The number of pyridine rings is 1. The maximum absolute atomic E-state index is 15.8. The van der Waals surface area contributed by atoms with E-state index in [1.54, 1.807) is 41.5 Å². The topological polar surface area (TPSA) is 597 Å². The van der Waals surface area contributed by atoms with Gasteiger partial charge in [0.25, 0.3) is 0 Å². The second kappa shape index (κ2) is 43.9. The summed E-state index contributed by atoms with van der Waals surface area (Å²) in [7, 11) is 0. The fraction of sp³-hybridized carbons (Fsp3) is 0.623. The highest BCUT2D eigenvalue weighted by molar-refractivity contribution is 6.01. The van der Waals surface area contributed by atoms with Gasteiger partial charge in [-0.05, 0) is 93.7 Å². The Balaban J connectivity index is 0.00000578. The normalized spacial score (nSPS) is 22.4. The van der Waals surface area contributed by atoms with Gasteiger partial charge < -0.3 is 111 Å². The number of hydrogen-bond acceptors (Lipinski definition) is 21. The van der Waals surface area contributed by atoms with E-state index in [0.29, 0.717) is 6.07 Å². The summed E-state index contributed by atoms with van der Waals surface area (Å²) in [5.41, 5.74) is 13.0. The monoisotopic (exact) mass is 1610 g/mol. The number of rotatable bonds is 23. The number of benzene rings is 1. The van der Waals surface area contributed by atoms with Crippen LogP contribution < -0.4 is 81.0 Å². The van der Waals surface area contributed by atoms with Gasteiger partial charge in [0.15, 0.2) is 12.1 Å². The second-order valence-electron chi connectivity index (χ2n) is 29.3. The number of halogens is 6. The molecule has 0 saturated carbocycles. The van der Waals surface area contributed by atoms with Gasteiger partial charge in [-0.2, -0.15) is 26.3 Å². The molecule has 628 valence electrons. The quantitative estimate of drug-likeness (QED) is 0.0234. The van der Waals surface area contributed by atoms with E-state index in [0.717, 1.165) is 19.2 Å². The van der Waals surface area contributed by atoms with Gasteiger partial charge in [0.1, 0.15) is 71.7 Å². The molecule has 0 bridgehead atoms. The zero-order valence-corrected chi connectivity index (χ0v) is 64.1. The molecule has 43 heteroatoms. The fourth-order valence-electron chi connectivity index (χ4n) is 10.5. The Morgan fingerprint density at radius 1 is 0.643 bits per heavy atom. The third kappa shape index (κ3) is 33.6. The molecule has 2 aromatic rings. The van der Waals surface area contributed by atoms with Crippen molar-refractivity contribution >= 4 is 88.9 Å². The first-order chi connectivity index (χ1) is 51.6. The Kier molecular flexibility index (Phi) is 38.2. The summed E-state index contributed by atoms with van der Waals surface area (Å²) in [5, 5.41) is 80.2. The summed E-state index contributed by atoms with van der Waals surface area (Å²) < 4.78 is 78.9. The van der Waals surface area contributed by atoms with E-state index in [9.17, 15) is 94.7 Å². The molecule has 1 aliphatic heterocycles. The van der Waals surface area contributed by atoms with Crippen molar-refractivity contribution in [2.24, 2.45) is 45.4 Å². The Morgan fingerprint density at radius 3 is 1.67 bits per heavy atom. The summed E-state index contributed by atoms with van der Waals surface area (Å²) in [4.78, 5) is 203. The molecule has 15 atom stereocenters. The average molecular weight is 1610 g/mol. The van der Waals surface area contributed by atoms with Gasteiger partial charge in [-0.3, -0.25) is 67.5 Å². The van der Waals surface area contributed by atoms with Crippen molar-refractivity contribution in [3.05, 3.63) is 65.5 Å².